The molecule has 1 aromatic heterocycles. The van der Waals surface area contributed by atoms with E-state index in [-0.39, 0.29) is 11.8 Å². The van der Waals surface area contributed by atoms with Crippen LogP contribution in [0.25, 0.3) is 10.9 Å². The highest BCUT2D eigenvalue weighted by Crippen LogP contribution is 2.22. The van der Waals surface area contributed by atoms with Crippen molar-refractivity contribution in [1.82, 2.24) is 9.88 Å². The number of benzene rings is 2. The van der Waals surface area contributed by atoms with Gasteiger partial charge in [-0.25, -0.2) is 0 Å². The number of fused-ring (bicyclic) bond motifs is 1. The second kappa shape index (κ2) is 7.43. The average Bonchev–Trinajstić information content (AvgIpc) is 3.22. The molecule has 0 bridgehead atoms. The highest BCUT2D eigenvalue weighted by molar-refractivity contribution is 6.12. The van der Waals surface area contributed by atoms with E-state index in [2.05, 4.69) is 10.3 Å². The molecule has 1 saturated heterocycles. The van der Waals surface area contributed by atoms with Gasteiger partial charge in [0.05, 0.1) is 11.1 Å². The average molecular weight is 373 g/mol. The van der Waals surface area contributed by atoms with Gasteiger partial charge in [0.2, 0.25) is 0 Å². The van der Waals surface area contributed by atoms with Gasteiger partial charge in [-0.2, -0.15) is 0 Å². The quantitative estimate of drug-likeness (QED) is 0.743. The summed E-state index contributed by atoms with van der Waals surface area (Å²) in [4.78, 5) is 31.7. The van der Waals surface area contributed by atoms with Crippen molar-refractivity contribution < 1.29 is 9.59 Å². The van der Waals surface area contributed by atoms with E-state index in [9.17, 15) is 9.59 Å². The van der Waals surface area contributed by atoms with Gasteiger partial charge in [-0.05, 0) is 69.2 Å². The molecule has 0 saturated carbocycles. The topological polar surface area (TPSA) is 62.3 Å². The number of aryl methyl sites for hydroxylation is 2. The molecule has 0 aliphatic carbocycles. The number of hydrogen-bond donors (Lipinski definition) is 1. The second-order valence-corrected chi connectivity index (χ2v) is 7.36. The Morgan fingerprint density at radius 3 is 2.39 bits per heavy atom. The van der Waals surface area contributed by atoms with Crippen molar-refractivity contribution in [3.05, 3.63) is 70.9 Å². The number of carbonyl (C=O) groups excluding carboxylic acids is 2. The molecule has 0 radical (unpaired) electrons. The summed E-state index contributed by atoms with van der Waals surface area (Å²) in [6.45, 7) is 5.53. The molecule has 1 aliphatic heterocycles. The fourth-order valence-corrected chi connectivity index (χ4v) is 3.66. The summed E-state index contributed by atoms with van der Waals surface area (Å²) in [6, 6.07) is 14.8. The molecule has 142 valence electrons. The SMILES string of the molecule is Cc1ccc2nc(C)cc(C(=O)Nc3ccc(C(=O)N4CCCC4)cc3)c2c1. The standard InChI is InChI=1S/C23H23N3O2/c1-15-5-10-21-19(13-15)20(14-16(2)24-21)22(27)25-18-8-6-17(7-9-18)23(28)26-11-3-4-12-26/h5-10,13-14H,3-4,11-12H2,1-2H3,(H,25,27). The summed E-state index contributed by atoms with van der Waals surface area (Å²) < 4.78 is 0. The molecule has 0 spiro atoms. The third kappa shape index (κ3) is 3.60. The lowest BCUT2D eigenvalue weighted by Gasteiger charge is -2.15. The number of pyridine rings is 1. The van der Waals surface area contributed by atoms with Gasteiger partial charge in [0, 0.05) is 35.4 Å². The van der Waals surface area contributed by atoms with Crippen LogP contribution >= 0.6 is 0 Å². The molecule has 4 rings (SSSR count). The van der Waals surface area contributed by atoms with Gasteiger partial charge in [0.1, 0.15) is 0 Å². The molecular weight excluding hydrogens is 350 g/mol. The summed E-state index contributed by atoms with van der Waals surface area (Å²) in [5, 5.41) is 3.78. The van der Waals surface area contributed by atoms with Crippen LogP contribution in [0.2, 0.25) is 0 Å². The minimum Gasteiger partial charge on any atom is -0.339 e. The lowest BCUT2D eigenvalue weighted by molar-refractivity contribution is 0.0792. The molecule has 1 fully saturated rings. The molecule has 1 N–H and O–H groups in total. The van der Waals surface area contributed by atoms with Crippen LogP contribution in [0.15, 0.2) is 48.5 Å². The third-order valence-electron chi connectivity index (χ3n) is 5.12. The van der Waals surface area contributed by atoms with Crippen LogP contribution in [0.5, 0.6) is 0 Å². The van der Waals surface area contributed by atoms with Crippen LogP contribution in [0.1, 0.15) is 44.8 Å². The van der Waals surface area contributed by atoms with Crippen LogP contribution in [0, 0.1) is 13.8 Å². The number of carbonyl (C=O) groups is 2. The Kier molecular flexibility index (Phi) is 4.82. The third-order valence-corrected chi connectivity index (χ3v) is 5.12. The van der Waals surface area contributed by atoms with E-state index in [1.807, 2.05) is 43.0 Å². The summed E-state index contributed by atoms with van der Waals surface area (Å²) in [7, 11) is 0. The van der Waals surface area contributed by atoms with E-state index in [4.69, 9.17) is 0 Å². The Morgan fingerprint density at radius 1 is 0.964 bits per heavy atom. The summed E-state index contributed by atoms with van der Waals surface area (Å²) >= 11 is 0. The number of amides is 2. The van der Waals surface area contributed by atoms with Crippen LogP contribution in [-0.2, 0) is 0 Å². The first-order valence-corrected chi connectivity index (χ1v) is 9.60. The maximum atomic E-state index is 12.9. The summed E-state index contributed by atoms with van der Waals surface area (Å²) in [6.07, 6.45) is 2.14. The van der Waals surface area contributed by atoms with E-state index in [0.29, 0.717) is 16.8 Å². The molecule has 1 aliphatic rings. The van der Waals surface area contributed by atoms with Crippen molar-refractivity contribution >= 4 is 28.4 Å². The van der Waals surface area contributed by atoms with E-state index < -0.39 is 0 Å². The minimum absolute atomic E-state index is 0.0570. The van der Waals surface area contributed by atoms with Gasteiger partial charge in [-0.1, -0.05) is 11.6 Å². The fraction of sp³-hybridized carbons (Fsp3) is 0.261. The van der Waals surface area contributed by atoms with Crippen molar-refractivity contribution in [2.75, 3.05) is 18.4 Å². The summed E-state index contributed by atoms with van der Waals surface area (Å²) in [5.74, 6) is -0.124. The van der Waals surface area contributed by atoms with E-state index in [1.54, 1.807) is 24.3 Å². The lowest BCUT2D eigenvalue weighted by atomic mass is 10.0. The molecule has 5 nitrogen and oxygen atoms in total. The molecule has 2 amide bonds. The van der Waals surface area contributed by atoms with Crippen molar-refractivity contribution in [3.63, 3.8) is 0 Å². The highest BCUT2D eigenvalue weighted by atomic mass is 16.2. The lowest BCUT2D eigenvalue weighted by Crippen LogP contribution is -2.27. The van der Waals surface area contributed by atoms with Crippen molar-refractivity contribution in [2.24, 2.45) is 0 Å². The number of nitrogens with zero attached hydrogens (tertiary/aromatic N) is 2. The Morgan fingerprint density at radius 2 is 1.68 bits per heavy atom. The van der Waals surface area contributed by atoms with Crippen molar-refractivity contribution in [3.8, 4) is 0 Å². The zero-order chi connectivity index (χ0) is 19.7. The Balaban J connectivity index is 1.56. The van der Waals surface area contributed by atoms with Gasteiger partial charge >= 0.3 is 0 Å². The first-order valence-electron chi connectivity index (χ1n) is 9.60. The maximum absolute atomic E-state index is 12.9. The molecule has 2 aromatic carbocycles. The van der Waals surface area contributed by atoms with Gasteiger partial charge in [-0.3, -0.25) is 14.6 Å². The zero-order valence-corrected chi connectivity index (χ0v) is 16.2. The number of likely N-dealkylation sites (tertiary alicyclic amines) is 1. The number of aromatic nitrogens is 1. The van der Waals surface area contributed by atoms with Gasteiger partial charge in [0.25, 0.3) is 11.8 Å². The normalized spacial score (nSPS) is 13.7. The molecule has 2 heterocycles. The van der Waals surface area contributed by atoms with Crippen molar-refractivity contribution in [1.29, 1.82) is 0 Å². The maximum Gasteiger partial charge on any atom is 0.256 e. The van der Waals surface area contributed by atoms with Gasteiger partial charge in [-0.15, -0.1) is 0 Å². The molecular formula is C23H23N3O2. The Bertz CT molecular complexity index is 1050. The van der Waals surface area contributed by atoms with Crippen LogP contribution in [0.3, 0.4) is 0 Å². The highest BCUT2D eigenvalue weighted by Gasteiger charge is 2.19. The molecule has 5 heteroatoms. The number of nitrogens with one attached hydrogen (secondary N) is 1. The molecule has 0 atom stereocenters. The predicted octanol–water partition coefficient (Wildman–Crippen LogP) is 4.34. The largest absolute Gasteiger partial charge is 0.339 e. The van der Waals surface area contributed by atoms with Crippen LogP contribution in [0.4, 0.5) is 5.69 Å². The monoisotopic (exact) mass is 373 g/mol. The molecule has 3 aromatic rings. The van der Waals surface area contributed by atoms with Crippen LogP contribution < -0.4 is 5.32 Å². The predicted molar refractivity (Wildman–Crippen MR) is 111 cm³/mol. The fourth-order valence-electron chi connectivity index (χ4n) is 3.66. The summed E-state index contributed by atoms with van der Waals surface area (Å²) in [5.41, 5.74) is 4.61. The number of anilines is 1. The van der Waals surface area contributed by atoms with E-state index in [0.717, 1.165) is 48.1 Å². The Hall–Kier alpha value is -3.21. The first kappa shape index (κ1) is 18.2. The number of hydrogen-bond acceptors (Lipinski definition) is 3. The second-order valence-electron chi connectivity index (χ2n) is 7.36. The first-order chi connectivity index (χ1) is 13.5. The van der Waals surface area contributed by atoms with E-state index in [1.165, 1.54) is 0 Å². The zero-order valence-electron chi connectivity index (χ0n) is 16.2. The number of rotatable bonds is 3. The van der Waals surface area contributed by atoms with Gasteiger partial charge < -0.3 is 10.2 Å². The Labute approximate surface area is 164 Å². The molecule has 0 unspecified atom stereocenters. The van der Waals surface area contributed by atoms with E-state index >= 15 is 0 Å². The van der Waals surface area contributed by atoms with Gasteiger partial charge in [0.15, 0.2) is 0 Å². The minimum atomic E-state index is -0.181. The molecule has 28 heavy (non-hydrogen) atoms. The smallest absolute Gasteiger partial charge is 0.256 e. The van der Waals surface area contributed by atoms with Crippen molar-refractivity contribution in [2.45, 2.75) is 26.7 Å². The van der Waals surface area contributed by atoms with Crippen LogP contribution in [-0.4, -0.2) is 34.8 Å².